The van der Waals surface area contributed by atoms with Gasteiger partial charge in [0.15, 0.2) is 0 Å². The van der Waals surface area contributed by atoms with E-state index in [2.05, 4.69) is 5.32 Å². The number of hydrogen-bond donors (Lipinski definition) is 2. The van der Waals surface area contributed by atoms with Gasteiger partial charge in [0.25, 0.3) is 0 Å². The van der Waals surface area contributed by atoms with Gasteiger partial charge in [0.1, 0.15) is 11.7 Å². The Morgan fingerprint density at radius 2 is 2.26 bits per heavy atom. The predicted molar refractivity (Wildman–Crippen MR) is 70.7 cm³/mol. The summed E-state index contributed by atoms with van der Waals surface area (Å²) >= 11 is 0. The monoisotopic (exact) mass is 264 g/mol. The fourth-order valence-corrected chi connectivity index (χ4v) is 2.01. The van der Waals surface area contributed by atoms with E-state index in [0.717, 1.165) is 5.56 Å². The summed E-state index contributed by atoms with van der Waals surface area (Å²) in [6.45, 7) is 1.58. The van der Waals surface area contributed by atoms with Gasteiger partial charge in [-0.25, -0.2) is 9.18 Å². The molecule has 1 heterocycles. The summed E-state index contributed by atoms with van der Waals surface area (Å²) in [5, 5.41) is 10.7. The first-order valence-corrected chi connectivity index (χ1v) is 6.06. The largest absolute Gasteiger partial charge is 0.350 e. The number of amidine groups is 1. The maximum absolute atomic E-state index is 13.1. The zero-order valence-electron chi connectivity index (χ0n) is 11.0. The van der Waals surface area contributed by atoms with Crippen molar-refractivity contribution in [3.05, 3.63) is 35.1 Å². The third-order valence-corrected chi connectivity index (χ3v) is 3.07. The van der Waals surface area contributed by atoms with Gasteiger partial charge in [-0.2, -0.15) is 0 Å². The van der Waals surface area contributed by atoms with E-state index < -0.39 is 0 Å². The molecule has 0 aromatic heterocycles. The first-order valence-electron chi connectivity index (χ1n) is 6.06. The Bertz CT molecular complexity index is 515. The molecule has 0 atom stereocenters. The van der Waals surface area contributed by atoms with Crippen LogP contribution in [-0.2, 0) is 6.54 Å². The van der Waals surface area contributed by atoms with Gasteiger partial charge in [-0.15, -0.1) is 0 Å². The number of carbonyl (C=O) groups excluding carboxylic acids is 1. The molecule has 0 saturated heterocycles. The van der Waals surface area contributed by atoms with Crippen LogP contribution in [0.1, 0.15) is 11.1 Å². The number of amides is 2. The van der Waals surface area contributed by atoms with E-state index >= 15 is 0 Å². The lowest BCUT2D eigenvalue weighted by Crippen LogP contribution is -2.39. The van der Waals surface area contributed by atoms with Gasteiger partial charge in [0, 0.05) is 39.3 Å². The summed E-state index contributed by atoms with van der Waals surface area (Å²) in [6.07, 6.45) is 0. The second-order valence-electron chi connectivity index (χ2n) is 4.70. The van der Waals surface area contributed by atoms with Crippen molar-refractivity contribution in [2.24, 2.45) is 0 Å². The topological polar surface area (TPSA) is 59.4 Å². The number of rotatable bonds is 3. The smallest absolute Gasteiger partial charge is 0.316 e. The average molecular weight is 264 g/mol. The Morgan fingerprint density at radius 3 is 2.95 bits per heavy atom. The van der Waals surface area contributed by atoms with E-state index in [4.69, 9.17) is 5.41 Å². The summed E-state index contributed by atoms with van der Waals surface area (Å²) in [5.74, 6) is -0.0140. The molecule has 0 aliphatic carbocycles. The van der Waals surface area contributed by atoms with Crippen molar-refractivity contribution in [2.75, 3.05) is 27.2 Å². The van der Waals surface area contributed by atoms with E-state index in [1.54, 1.807) is 20.2 Å². The van der Waals surface area contributed by atoms with Gasteiger partial charge < -0.3 is 15.1 Å². The lowest BCUT2D eigenvalue weighted by molar-refractivity contribution is 0.216. The van der Waals surface area contributed by atoms with Crippen molar-refractivity contribution in [2.45, 2.75) is 6.54 Å². The molecular formula is C13H17FN4O. The normalized spacial score (nSPS) is 13.4. The molecule has 19 heavy (non-hydrogen) atoms. The van der Waals surface area contributed by atoms with Gasteiger partial charge in [0.05, 0.1) is 0 Å². The quantitative estimate of drug-likeness (QED) is 0.863. The van der Waals surface area contributed by atoms with Crippen LogP contribution < -0.4 is 5.32 Å². The fraction of sp³-hybridized carbons (Fsp3) is 0.385. The zero-order valence-corrected chi connectivity index (χ0v) is 11.0. The molecule has 0 saturated carbocycles. The number of benzene rings is 1. The summed E-state index contributed by atoms with van der Waals surface area (Å²) in [4.78, 5) is 14.6. The molecule has 0 radical (unpaired) electrons. The number of urea groups is 1. The second kappa shape index (κ2) is 5.26. The van der Waals surface area contributed by atoms with Gasteiger partial charge >= 0.3 is 6.03 Å². The summed E-state index contributed by atoms with van der Waals surface area (Å²) in [6, 6.07) is 4.34. The third-order valence-electron chi connectivity index (χ3n) is 3.07. The first-order chi connectivity index (χ1) is 8.99. The van der Waals surface area contributed by atoms with Crippen molar-refractivity contribution in [3.8, 4) is 0 Å². The first kappa shape index (κ1) is 13.3. The summed E-state index contributed by atoms with van der Waals surface area (Å²) in [7, 11) is 3.34. The molecule has 0 fully saturated rings. The van der Waals surface area contributed by atoms with Gasteiger partial charge in [0.2, 0.25) is 0 Å². The molecule has 0 bridgehead atoms. The van der Waals surface area contributed by atoms with Crippen LogP contribution in [0.2, 0.25) is 0 Å². The van der Waals surface area contributed by atoms with Crippen LogP contribution in [-0.4, -0.2) is 48.9 Å². The SMILES string of the molecule is CN(C)C(=O)NCCN1Cc2ccc(F)cc2C1=N. The molecule has 0 spiro atoms. The molecule has 2 N–H and O–H groups in total. The van der Waals surface area contributed by atoms with Gasteiger partial charge in [-0.1, -0.05) is 6.07 Å². The minimum atomic E-state index is -0.328. The Morgan fingerprint density at radius 1 is 1.53 bits per heavy atom. The van der Waals surface area contributed by atoms with Crippen molar-refractivity contribution in [1.82, 2.24) is 15.1 Å². The molecule has 1 aliphatic rings. The average Bonchev–Trinajstić information content (AvgIpc) is 2.66. The fourth-order valence-electron chi connectivity index (χ4n) is 2.01. The number of hydrogen-bond acceptors (Lipinski definition) is 2. The zero-order chi connectivity index (χ0) is 14.0. The third kappa shape index (κ3) is 2.83. The second-order valence-corrected chi connectivity index (χ2v) is 4.70. The molecule has 6 heteroatoms. The van der Waals surface area contributed by atoms with Crippen molar-refractivity contribution < 1.29 is 9.18 Å². The van der Waals surface area contributed by atoms with Crippen LogP contribution >= 0.6 is 0 Å². The molecular weight excluding hydrogens is 247 g/mol. The number of halogens is 1. The van der Waals surface area contributed by atoms with Crippen molar-refractivity contribution >= 4 is 11.9 Å². The van der Waals surface area contributed by atoms with Crippen molar-refractivity contribution in [3.63, 3.8) is 0 Å². The Kier molecular flexibility index (Phi) is 3.69. The van der Waals surface area contributed by atoms with E-state index in [-0.39, 0.29) is 11.8 Å². The predicted octanol–water partition coefficient (Wildman–Crippen LogP) is 1.24. The van der Waals surface area contributed by atoms with E-state index in [9.17, 15) is 9.18 Å². The summed E-state index contributed by atoms with van der Waals surface area (Å²) < 4.78 is 13.1. The standard InChI is InChI=1S/C13H17FN4O/c1-17(2)13(19)16-5-6-18-8-9-3-4-10(14)7-11(9)12(18)15/h3-4,7,15H,5-6,8H2,1-2H3,(H,16,19). The van der Waals surface area contributed by atoms with Gasteiger partial charge in [-0.3, -0.25) is 5.41 Å². The number of fused-ring (bicyclic) bond motifs is 1. The lowest BCUT2D eigenvalue weighted by atomic mass is 10.1. The molecule has 1 aromatic rings. The van der Waals surface area contributed by atoms with Crippen molar-refractivity contribution in [1.29, 1.82) is 5.41 Å². The van der Waals surface area contributed by atoms with Crippen LogP contribution in [0.3, 0.4) is 0 Å². The lowest BCUT2D eigenvalue weighted by Gasteiger charge is -2.19. The van der Waals surface area contributed by atoms with Crippen LogP contribution in [0, 0.1) is 11.2 Å². The van der Waals surface area contributed by atoms with E-state index in [1.807, 2.05) is 4.90 Å². The Balaban J connectivity index is 1.92. The molecule has 102 valence electrons. The molecule has 2 amide bonds. The maximum atomic E-state index is 13.1. The Hall–Kier alpha value is -2.11. The number of carbonyl (C=O) groups is 1. The van der Waals surface area contributed by atoms with Crippen LogP contribution in [0.25, 0.3) is 0 Å². The minimum Gasteiger partial charge on any atom is -0.350 e. The molecule has 5 nitrogen and oxygen atoms in total. The highest BCUT2D eigenvalue weighted by molar-refractivity contribution is 6.00. The number of nitrogens with one attached hydrogen (secondary N) is 2. The number of nitrogens with zero attached hydrogens (tertiary/aromatic N) is 2. The maximum Gasteiger partial charge on any atom is 0.316 e. The van der Waals surface area contributed by atoms with Crippen LogP contribution in [0.5, 0.6) is 0 Å². The molecule has 0 unspecified atom stereocenters. The Labute approximate surface area is 111 Å². The highest BCUT2D eigenvalue weighted by atomic mass is 19.1. The molecule has 1 aromatic carbocycles. The van der Waals surface area contributed by atoms with E-state index in [0.29, 0.717) is 31.0 Å². The van der Waals surface area contributed by atoms with E-state index in [1.165, 1.54) is 17.0 Å². The highest BCUT2D eigenvalue weighted by Crippen LogP contribution is 2.22. The summed E-state index contributed by atoms with van der Waals surface area (Å²) in [5.41, 5.74) is 1.59. The molecule has 1 aliphatic heterocycles. The highest BCUT2D eigenvalue weighted by Gasteiger charge is 2.24. The van der Waals surface area contributed by atoms with Crippen LogP contribution in [0.4, 0.5) is 9.18 Å². The van der Waals surface area contributed by atoms with Gasteiger partial charge in [-0.05, 0) is 17.7 Å². The minimum absolute atomic E-state index is 0.158. The van der Waals surface area contributed by atoms with Crippen LogP contribution in [0.15, 0.2) is 18.2 Å². The molecule has 2 rings (SSSR count).